The molecule has 2 fully saturated rings. The number of aliphatic hydroxyl groups is 1. The van der Waals surface area contributed by atoms with Gasteiger partial charge >= 0.3 is 0 Å². The van der Waals surface area contributed by atoms with Crippen LogP contribution in [0.1, 0.15) is 10.4 Å². The minimum atomic E-state index is -0.284. The SMILES string of the molecule is O=C(c1ccc2n[nH]nc2c1)N1C[C@H]2COC[C@@]2(CO)C1.O=CO. The van der Waals surface area contributed by atoms with E-state index in [-0.39, 0.29) is 30.3 Å². The summed E-state index contributed by atoms with van der Waals surface area (Å²) in [6.07, 6.45) is 0. The maximum absolute atomic E-state index is 12.6. The van der Waals surface area contributed by atoms with Gasteiger partial charge in [-0.05, 0) is 18.2 Å². The second-order valence-electron chi connectivity index (χ2n) is 6.05. The summed E-state index contributed by atoms with van der Waals surface area (Å²) in [6, 6.07) is 5.30. The molecule has 1 aromatic carbocycles. The van der Waals surface area contributed by atoms with Gasteiger partial charge in [-0.25, -0.2) is 0 Å². The monoisotopic (exact) mass is 334 g/mol. The molecule has 1 aromatic heterocycles. The molecule has 2 aliphatic rings. The largest absolute Gasteiger partial charge is 0.483 e. The van der Waals surface area contributed by atoms with Gasteiger partial charge in [0, 0.05) is 30.0 Å². The molecular weight excluding hydrogens is 316 g/mol. The number of carboxylic acid groups (broad SMARTS) is 1. The highest BCUT2D eigenvalue weighted by Gasteiger charge is 2.51. The quantitative estimate of drug-likeness (QED) is 0.645. The van der Waals surface area contributed by atoms with Crippen LogP contribution in [0.15, 0.2) is 18.2 Å². The Hall–Kier alpha value is -2.52. The summed E-state index contributed by atoms with van der Waals surface area (Å²) in [4.78, 5) is 22.8. The first-order chi connectivity index (χ1) is 11.6. The van der Waals surface area contributed by atoms with Crippen LogP contribution < -0.4 is 0 Å². The van der Waals surface area contributed by atoms with E-state index in [0.29, 0.717) is 37.4 Å². The first-order valence-electron chi connectivity index (χ1n) is 7.50. The number of fused-ring (bicyclic) bond motifs is 2. The Balaban J connectivity index is 0.000000526. The van der Waals surface area contributed by atoms with Crippen LogP contribution >= 0.6 is 0 Å². The summed E-state index contributed by atoms with van der Waals surface area (Å²) >= 11 is 0. The Kier molecular flexibility index (Phi) is 4.45. The number of carbonyl (C=O) groups excluding carboxylic acids is 1. The molecule has 2 aliphatic heterocycles. The van der Waals surface area contributed by atoms with Crippen molar-refractivity contribution < 1.29 is 24.5 Å². The molecule has 9 heteroatoms. The third-order valence-electron chi connectivity index (χ3n) is 4.69. The lowest BCUT2D eigenvalue weighted by Crippen LogP contribution is -2.36. The van der Waals surface area contributed by atoms with Crippen molar-refractivity contribution in [2.45, 2.75) is 0 Å². The molecule has 128 valence electrons. The van der Waals surface area contributed by atoms with Crippen molar-refractivity contribution in [3.8, 4) is 0 Å². The number of carbonyl (C=O) groups is 2. The molecule has 4 rings (SSSR count). The van der Waals surface area contributed by atoms with Crippen molar-refractivity contribution in [2.24, 2.45) is 11.3 Å². The van der Waals surface area contributed by atoms with E-state index in [1.807, 2.05) is 4.90 Å². The lowest BCUT2D eigenvalue weighted by Gasteiger charge is -2.24. The van der Waals surface area contributed by atoms with Crippen LogP contribution in [-0.4, -0.2) is 75.8 Å². The number of ether oxygens (including phenoxy) is 1. The molecule has 3 N–H and O–H groups in total. The van der Waals surface area contributed by atoms with Gasteiger partial charge in [-0.1, -0.05) is 0 Å². The van der Waals surface area contributed by atoms with E-state index in [9.17, 15) is 9.90 Å². The molecule has 24 heavy (non-hydrogen) atoms. The fourth-order valence-corrected chi connectivity index (χ4v) is 3.37. The molecule has 0 saturated carbocycles. The zero-order chi connectivity index (χ0) is 17.2. The normalized spacial score (nSPS) is 25.2. The minimum Gasteiger partial charge on any atom is -0.483 e. The Morgan fingerprint density at radius 2 is 2.21 bits per heavy atom. The van der Waals surface area contributed by atoms with Gasteiger partial charge in [-0.15, -0.1) is 0 Å². The van der Waals surface area contributed by atoms with Crippen LogP contribution in [0, 0.1) is 11.3 Å². The van der Waals surface area contributed by atoms with Gasteiger partial charge < -0.3 is 19.8 Å². The molecule has 2 atom stereocenters. The van der Waals surface area contributed by atoms with Gasteiger partial charge in [0.1, 0.15) is 11.0 Å². The number of aromatic amines is 1. The number of hydrogen-bond donors (Lipinski definition) is 3. The standard InChI is InChI=1S/C14H16N4O3.CH2O2/c19-7-14-6-18(4-10(14)5-21-8-14)13(20)9-1-2-11-12(3-9)16-17-15-11;2-1-3/h1-3,10,19H,4-8H2,(H,15,16,17);1H,(H,2,3)/t10-,14-;/m0./s1. The molecule has 9 nitrogen and oxygen atoms in total. The van der Waals surface area contributed by atoms with Crippen molar-refractivity contribution in [3.63, 3.8) is 0 Å². The molecule has 2 saturated heterocycles. The average Bonchev–Trinajstić information content (AvgIpc) is 3.27. The Bertz CT molecular complexity index is 748. The molecule has 0 spiro atoms. The topological polar surface area (TPSA) is 129 Å². The summed E-state index contributed by atoms with van der Waals surface area (Å²) in [5.41, 5.74) is 1.74. The third-order valence-corrected chi connectivity index (χ3v) is 4.69. The molecule has 2 aromatic rings. The maximum Gasteiger partial charge on any atom is 0.290 e. The summed E-state index contributed by atoms with van der Waals surface area (Å²) in [5.74, 6) is 0.198. The van der Waals surface area contributed by atoms with E-state index >= 15 is 0 Å². The van der Waals surface area contributed by atoms with Gasteiger partial charge in [0.25, 0.3) is 12.4 Å². The van der Waals surface area contributed by atoms with Crippen molar-refractivity contribution in [1.29, 1.82) is 0 Å². The average molecular weight is 334 g/mol. The van der Waals surface area contributed by atoms with E-state index in [1.165, 1.54) is 0 Å². The number of nitrogens with zero attached hydrogens (tertiary/aromatic N) is 3. The third kappa shape index (κ3) is 2.72. The van der Waals surface area contributed by atoms with Gasteiger partial charge in [-0.3, -0.25) is 9.59 Å². The number of likely N-dealkylation sites (tertiary alicyclic amines) is 1. The fourth-order valence-electron chi connectivity index (χ4n) is 3.37. The highest BCUT2D eigenvalue weighted by atomic mass is 16.5. The smallest absolute Gasteiger partial charge is 0.290 e. The van der Waals surface area contributed by atoms with Gasteiger partial charge in [-0.2, -0.15) is 15.4 Å². The number of aromatic nitrogens is 3. The Labute approximate surface area is 137 Å². The predicted octanol–water partition coefficient (Wildman–Crippen LogP) is -0.260. The Morgan fingerprint density at radius 1 is 1.46 bits per heavy atom. The van der Waals surface area contributed by atoms with Crippen molar-refractivity contribution in [2.75, 3.05) is 32.9 Å². The molecular formula is C15H18N4O5. The minimum absolute atomic E-state index is 0.0258. The number of hydrogen-bond acceptors (Lipinski definition) is 6. The zero-order valence-electron chi connectivity index (χ0n) is 12.9. The number of H-pyrrole nitrogens is 1. The summed E-state index contributed by atoms with van der Waals surface area (Å²) in [7, 11) is 0. The van der Waals surface area contributed by atoms with Crippen molar-refractivity contribution >= 4 is 23.4 Å². The Morgan fingerprint density at radius 3 is 2.92 bits per heavy atom. The molecule has 0 unspecified atom stereocenters. The zero-order valence-corrected chi connectivity index (χ0v) is 12.9. The van der Waals surface area contributed by atoms with Crippen LogP contribution in [0.4, 0.5) is 0 Å². The van der Waals surface area contributed by atoms with E-state index < -0.39 is 0 Å². The predicted molar refractivity (Wildman–Crippen MR) is 82.3 cm³/mol. The van der Waals surface area contributed by atoms with E-state index in [0.717, 1.165) is 5.52 Å². The summed E-state index contributed by atoms with van der Waals surface area (Å²) < 4.78 is 5.47. The lowest BCUT2D eigenvalue weighted by molar-refractivity contribution is -0.122. The maximum atomic E-state index is 12.6. The van der Waals surface area contributed by atoms with E-state index in [4.69, 9.17) is 14.6 Å². The second-order valence-corrected chi connectivity index (χ2v) is 6.05. The van der Waals surface area contributed by atoms with Gasteiger partial charge in [0.05, 0.1) is 19.8 Å². The molecule has 1 amide bonds. The van der Waals surface area contributed by atoms with Crippen LogP contribution in [-0.2, 0) is 9.53 Å². The lowest BCUT2D eigenvalue weighted by atomic mass is 9.82. The summed E-state index contributed by atoms with van der Waals surface area (Å²) in [6.45, 7) is 2.14. The first kappa shape index (κ1) is 16.3. The van der Waals surface area contributed by atoms with Crippen LogP contribution in [0.3, 0.4) is 0 Å². The first-order valence-corrected chi connectivity index (χ1v) is 7.50. The van der Waals surface area contributed by atoms with Crippen LogP contribution in [0.2, 0.25) is 0 Å². The molecule has 0 radical (unpaired) electrons. The van der Waals surface area contributed by atoms with E-state index in [1.54, 1.807) is 18.2 Å². The molecule has 3 heterocycles. The number of rotatable bonds is 2. The van der Waals surface area contributed by atoms with Gasteiger partial charge in [0.15, 0.2) is 0 Å². The summed E-state index contributed by atoms with van der Waals surface area (Å²) in [5, 5.41) is 27.1. The fraction of sp³-hybridized carbons (Fsp3) is 0.467. The van der Waals surface area contributed by atoms with Crippen molar-refractivity contribution in [3.05, 3.63) is 23.8 Å². The van der Waals surface area contributed by atoms with Crippen LogP contribution in [0.5, 0.6) is 0 Å². The number of amides is 1. The number of benzene rings is 1. The molecule has 0 bridgehead atoms. The van der Waals surface area contributed by atoms with Crippen LogP contribution in [0.25, 0.3) is 11.0 Å². The highest BCUT2D eigenvalue weighted by molar-refractivity contribution is 5.97. The molecule has 0 aliphatic carbocycles. The second kappa shape index (κ2) is 6.54. The van der Waals surface area contributed by atoms with Crippen molar-refractivity contribution in [1.82, 2.24) is 20.3 Å². The van der Waals surface area contributed by atoms with E-state index in [2.05, 4.69) is 15.4 Å². The number of aliphatic hydroxyl groups excluding tert-OH is 1. The highest BCUT2D eigenvalue weighted by Crippen LogP contribution is 2.41. The van der Waals surface area contributed by atoms with Gasteiger partial charge in [0.2, 0.25) is 0 Å². The number of nitrogens with one attached hydrogen (secondary N) is 1.